The number of rotatable bonds is 5. The lowest BCUT2D eigenvalue weighted by Gasteiger charge is -2.20. The van der Waals surface area contributed by atoms with Crippen LogP contribution >= 0.6 is 0 Å². The van der Waals surface area contributed by atoms with Crippen molar-refractivity contribution in [3.63, 3.8) is 0 Å². The number of hydrogen-bond donors (Lipinski definition) is 1. The maximum absolute atomic E-state index is 9.97. The van der Waals surface area contributed by atoms with E-state index in [9.17, 15) is 5.11 Å². The molecule has 0 spiro atoms. The minimum atomic E-state index is -0.516. The maximum Gasteiger partial charge on any atom is 0.161 e. The highest BCUT2D eigenvalue weighted by molar-refractivity contribution is 5.44. The molecule has 1 atom stereocenters. The zero-order chi connectivity index (χ0) is 12.1. The Labute approximate surface area is 101 Å². The maximum atomic E-state index is 9.97. The van der Waals surface area contributed by atoms with Gasteiger partial charge in [0.05, 0.1) is 6.10 Å². The Bertz CT molecular complexity index is 364. The molecule has 2 rings (SSSR count). The van der Waals surface area contributed by atoms with E-state index in [0.717, 1.165) is 11.3 Å². The van der Waals surface area contributed by atoms with Crippen molar-refractivity contribution in [2.45, 2.75) is 19.4 Å². The van der Waals surface area contributed by atoms with Gasteiger partial charge in [0.2, 0.25) is 0 Å². The Morgan fingerprint density at radius 1 is 1.29 bits per heavy atom. The molecule has 1 heterocycles. The molecule has 0 amide bonds. The summed E-state index contributed by atoms with van der Waals surface area (Å²) < 4.78 is 16.1. The number of fused-ring (bicyclic) bond motifs is 1. The fraction of sp³-hybridized carbons (Fsp3) is 0.538. The molecule has 0 radical (unpaired) electrons. The van der Waals surface area contributed by atoms with Gasteiger partial charge in [-0.3, -0.25) is 0 Å². The second-order valence-corrected chi connectivity index (χ2v) is 3.90. The van der Waals surface area contributed by atoms with Gasteiger partial charge in [-0.25, -0.2) is 0 Å². The van der Waals surface area contributed by atoms with Crippen molar-refractivity contribution < 1.29 is 19.3 Å². The third-order valence-electron chi connectivity index (χ3n) is 2.69. The van der Waals surface area contributed by atoms with E-state index < -0.39 is 6.10 Å². The molecule has 0 saturated heterocycles. The van der Waals surface area contributed by atoms with E-state index in [2.05, 4.69) is 0 Å². The highest BCUT2D eigenvalue weighted by atomic mass is 16.6. The van der Waals surface area contributed by atoms with Crippen LogP contribution in [0.2, 0.25) is 0 Å². The van der Waals surface area contributed by atoms with Crippen molar-refractivity contribution in [1.82, 2.24) is 0 Å². The number of aliphatic hydroxyl groups is 1. The van der Waals surface area contributed by atoms with Gasteiger partial charge in [0, 0.05) is 19.6 Å². The average Bonchev–Trinajstić information content (AvgIpc) is 2.38. The van der Waals surface area contributed by atoms with Crippen LogP contribution in [-0.4, -0.2) is 31.5 Å². The van der Waals surface area contributed by atoms with E-state index in [0.29, 0.717) is 38.6 Å². The Hall–Kier alpha value is -1.26. The normalized spacial score (nSPS) is 15.6. The molecule has 1 aliphatic heterocycles. The van der Waals surface area contributed by atoms with Crippen LogP contribution < -0.4 is 9.47 Å². The Balaban J connectivity index is 2.00. The van der Waals surface area contributed by atoms with Gasteiger partial charge in [0.25, 0.3) is 0 Å². The van der Waals surface area contributed by atoms with Crippen LogP contribution in [0.3, 0.4) is 0 Å². The minimum absolute atomic E-state index is 0.516. The summed E-state index contributed by atoms with van der Waals surface area (Å²) in [5.74, 6) is 1.46. The third kappa shape index (κ3) is 3.11. The molecule has 1 aliphatic rings. The molecular formula is C13H18O4. The average molecular weight is 238 g/mol. The van der Waals surface area contributed by atoms with Gasteiger partial charge in [-0.1, -0.05) is 6.07 Å². The Morgan fingerprint density at radius 3 is 2.82 bits per heavy atom. The standard InChI is InChI=1S/C13H18O4/c1-2-15-6-5-11(14)10-3-4-12-13(9-10)17-8-7-16-12/h3-4,9,11,14H,2,5-8H2,1H3. The number of aliphatic hydroxyl groups excluding tert-OH is 1. The monoisotopic (exact) mass is 238 g/mol. The molecule has 0 saturated carbocycles. The summed E-state index contributed by atoms with van der Waals surface area (Å²) in [6.45, 7) is 4.32. The summed E-state index contributed by atoms with van der Waals surface area (Å²) in [7, 11) is 0. The van der Waals surface area contributed by atoms with Crippen molar-refractivity contribution >= 4 is 0 Å². The van der Waals surface area contributed by atoms with Crippen molar-refractivity contribution in [3.8, 4) is 11.5 Å². The molecule has 0 aromatic heterocycles. The van der Waals surface area contributed by atoms with Crippen molar-refractivity contribution in [2.24, 2.45) is 0 Å². The molecule has 94 valence electrons. The largest absolute Gasteiger partial charge is 0.486 e. The van der Waals surface area contributed by atoms with Gasteiger partial charge in [-0.05, 0) is 24.6 Å². The quantitative estimate of drug-likeness (QED) is 0.796. The van der Waals surface area contributed by atoms with Crippen LogP contribution in [0, 0.1) is 0 Å². The van der Waals surface area contributed by atoms with E-state index in [-0.39, 0.29) is 0 Å². The number of benzene rings is 1. The highest BCUT2D eigenvalue weighted by Gasteiger charge is 2.15. The fourth-order valence-corrected chi connectivity index (χ4v) is 1.77. The summed E-state index contributed by atoms with van der Waals surface area (Å²) >= 11 is 0. The molecule has 0 fully saturated rings. The summed E-state index contributed by atoms with van der Waals surface area (Å²) in [6, 6.07) is 5.54. The molecule has 1 unspecified atom stereocenters. The van der Waals surface area contributed by atoms with E-state index in [4.69, 9.17) is 14.2 Å². The van der Waals surface area contributed by atoms with Crippen LogP contribution in [0.4, 0.5) is 0 Å². The van der Waals surface area contributed by atoms with Gasteiger partial charge in [-0.15, -0.1) is 0 Å². The smallest absolute Gasteiger partial charge is 0.161 e. The first-order valence-corrected chi connectivity index (χ1v) is 5.96. The molecule has 0 aliphatic carbocycles. The molecule has 1 aromatic carbocycles. The molecule has 1 aromatic rings. The zero-order valence-corrected chi connectivity index (χ0v) is 10.0. The van der Waals surface area contributed by atoms with Gasteiger partial charge in [0.15, 0.2) is 11.5 Å². The SMILES string of the molecule is CCOCCC(O)c1ccc2c(c1)OCCO2. The molecule has 17 heavy (non-hydrogen) atoms. The second-order valence-electron chi connectivity index (χ2n) is 3.90. The minimum Gasteiger partial charge on any atom is -0.486 e. The van der Waals surface area contributed by atoms with Crippen molar-refractivity contribution in [3.05, 3.63) is 23.8 Å². The topological polar surface area (TPSA) is 47.9 Å². The first-order valence-electron chi connectivity index (χ1n) is 5.96. The highest BCUT2D eigenvalue weighted by Crippen LogP contribution is 2.33. The van der Waals surface area contributed by atoms with Crippen molar-refractivity contribution in [2.75, 3.05) is 26.4 Å². The predicted octanol–water partition coefficient (Wildman–Crippen LogP) is 1.92. The van der Waals surface area contributed by atoms with E-state index in [1.165, 1.54) is 0 Å². The van der Waals surface area contributed by atoms with Crippen LogP contribution in [0.1, 0.15) is 25.0 Å². The van der Waals surface area contributed by atoms with E-state index in [1.54, 1.807) is 0 Å². The fourth-order valence-electron chi connectivity index (χ4n) is 1.77. The lowest BCUT2D eigenvalue weighted by molar-refractivity contribution is 0.0881. The lowest BCUT2D eigenvalue weighted by atomic mass is 10.1. The van der Waals surface area contributed by atoms with Crippen LogP contribution in [0.15, 0.2) is 18.2 Å². The van der Waals surface area contributed by atoms with Crippen molar-refractivity contribution in [1.29, 1.82) is 0 Å². The second kappa shape index (κ2) is 5.89. The van der Waals surface area contributed by atoms with Gasteiger partial charge < -0.3 is 19.3 Å². The first-order chi connectivity index (χ1) is 8.31. The van der Waals surface area contributed by atoms with Gasteiger partial charge in [0.1, 0.15) is 13.2 Å². The molecular weight excluding hydrogens is 220 g/mol. The Morgan fingerprint density at radius 2 is 2.06 bits per heavy atom. The Kier molecular flexibility index (Phi) is 4.23. The molecule has 4 nitrogen and oxygen atoms in total. The number of ether oxygens (including phenoxy) is 3. The summed E-state index contributed by atoms with van der Waals surface area (Å²) in [5, 5.41) is 9.97. The summed E-state index contributed by atoms with van der Waals surface area (Å²) in [6.07, 6.45) is 0.0744. The summed E-state index contributed by atoms with van der Waals surface area (Å²) in [5.41, 5.74) is 0.842. The van der Waals surface area contributed by atoms with Crippen LogP contribution in [0.5, 0.6) is 11.5 Å². The van der Waals surface area contributed by atoms with Gasteiger partial charge >= 0.3 is 0 Å². The van der Waals surface area contributed by atoms with E-state index >= 15 is 0 Å². The van der Waals surface area contributed by atoms with Crippen LogP contribution in [-0.2, 0) is 4.74 Å². The predicted molar refractivity (Wildman–Crippen MR) is 63.5 cm³/mol. The zero-order valence-electron chi connectivity index (χ0n) is 10.0. The number of hydrogen-bond acceptors (Lipinski definition) is 4. The third-order valence-corrected chi connectivity index (χ3v) is 2.69. The molecule has 0 bridgehead atoms. The molecule has 4 heteroatoms. The molecule has 1 N–H and O–H groups in total. The van der Waals surface area contributed by atoms with Crippen LogP contribution in [0.25, 0.3) is 0 Å². The first kappa shape index (κ1) is 12.2. The summed E-state index contributed by atoms with van der Waals surface area (Å²) in [4.78, 5) is 0. The van der Waals surface area contributed by atoms with E-state index in [1.807, 2.05) is 25.1 Å². The van der Waals surface area contributed by atoms with Gasteiger partial charge in [-0.2, -0.15) is 0 Å². The lowest BCUT2D eigenvalue weighted by Crippen LogP contribution is -2.15.